The Morgan fingerprint density at radius 3 is 2.69 bits per heavy atom. The molecule has 0 bridgehead atoms. The number of hydrogen-bond acceptors (Lipinski definition) is 5. The zero-order chi connectivity index (χ0) is 18.4. The summed E-state index contributed by atoms with van der Waals surface area (Å²) in [6.45, 7) is 0.945. The van der Waals surface area contributed by atoms with E-state index in [-0.39, 0.29) is 19.1 Å². The number of halogens is 1. The molecule has 5 nitrogen and oxygen atoms in total. The number of benzene rings is 2. The van der Waals surface area contributed by atoms with Crippen molar-refractivity contribution in [3.05, 3.63) is 64.7 Å². The van der Waals surface area contributed by atoms with Crippen LogP contribution in [0.15, 0.2) is 48.5 Å². The van der Waals surface area contributed by atoms with Gasteiger partial charge in [-0.15, -0.1) is 0 Å². The van der Waals surface area contributed by atoms with Gasteiger partial charge in [0, 0.05) is 11.6 Å². The van der Waals surface area contributed by atoms with Crippen molar-refractivity contribution in [2.24, 2.45) is 0 Å². The lowest BCUT2D eigenvalue weighted by Gasteiger charge is -2.11. The Kier molecular flexibility index (Phi) is 6.26. The smallest absolute Gasteiger partial charge is 0.338 e. The summed E-state index contributed by atoms with van der Waals surface area (Å²) in [5, 5.41) is 0.608. The van der Waals surface area contributed by atoms with Crippen LogP contribution in [0.25, 0.3) is 0 Å². The Balaban J connectivity index is 1.55. The Morgan fingerprint density at radius 2 is 1.96 bits per heavy atom. The Labute approximate surface area is 156 Å². The molecule has 136 valence electrons. The third kappa shape index (κ3) is 5.31. The van der Waals surface area contributed by atoms with E-state index in [0.29, 0.717) is 22.9 Å². The van der Waals surface area contributed by atoms with Gasteiger partial charge in [-0.2, -0.15) is 0 Å². The van der Waals surface area contributed by atoms with Crippen LogP contribution in [0.3, 0.4) is 0 Å². The monoisotopic (exact) mass is 374 g/mol. The van der Waals surface area contributed by atoms with E-state index in [1.54, 1.807) is 42.5 Å². The number of esters is 2. The molecule has 0 N–H and O–H groups in total. The standard InChI is InChI=1S/C20H19ClO5/c21-16-8-6-14(7-9-16)11-19(22)26-17-4-1-3-15(12-17)20(23)25-13-18-5-2-10-24-18/h1,3-4,6-9,12,18H,2,5,10-11,13H2. The van der Waals surface area contributed by atoms with E-state index in [9.17, 15) is 9.59 Å². The van der Waals surface area contributed by atoms with Gasteiger partial charge in [0.1, 0.15) is 12.4 Å². The maximum absolute atomic E-state index is 12.1. The molecule has 0 aromatic heterocycles. The van der Waals surface area contributed by atoms with Crippen LogP contribution in [0.5, 0.6) is 5.75 Å². The summed E-state index contributed by atoms with van der Waals surface area (Å²) in [5.41, 5.74) is 1.13. The molecule has 0 spiro atoms. The van der Waals surface area contributed by atoms with E-state index in [4.69, 9.17) is 25.8 Å². The first-order chi connectivity index (χ1) is 12.6. The molecule has 0 aliphatic carbocycles. The topological polar surface area (TPSA) is 61.8 Å². The van der Waals surface area contributed by atoms with Crippen molar-refractivity contribution < 1.29 is 23.8 Å². The van der Waals surface area contributed by atoms with Gasteiger partial charge in [-0.25, -0.2) is 4.79 Å². The Bertz CT molecular complexity index is 766. The SMILES string of the molecule is O=C(Cc1ccc(Cl)cc1)Oc1cccc(C(=O)OCC2CCCO2)c1. The molecule has 6 heteroatoms. The van der Waals surface area contributed by atoms with Crippen LogP contribution in [0.4, 0.5) is 0 Å². The minimum absolute atomic E-state index is 0.0284. The zero-order valence-corrected chi connectivity index (χ0v) is 14.9. The summed E-state index contributed by atoms with van der Waals surface area (Å²) in [7, 11) is 0. The molecule has 1 aliphatic heterocycles. The van der Waals surface area contributed by atoms with Gasteiger partial charge in [-0.1, -0.05) is 29.8 Å². The Morgan fingerprint density at radius 1 is 1.15 bits per heavy atom. The number of hydrogen-bond donors (Lipinski definition) is 0. The molecule has 3 rings (SSSR count). The predicted octanol–water partition coefficient (Wildman–Crippen LogP) is 3.82. The first kappa shape index (κ1) is 18.4. The molecular weight excluding hydrogens is 356 g/mol. The van der Waals surface area contributed by atoms with E-state index < -0.39 is 11.9 Å². The van der Waals surface area contributed by atoms with E-state index in [1.807, 2.05) is 0 Å². The molecular formula is C20H19ClO5. The highest BCUT2D eigenvalue weighted by Crippen LogP contribution is 2.17. The highest BCUT2D eigenvalue weighted by atomic mass is 35.5. The molecule has 1 atom stereocenters. The third-order valence-electron chi connectivity index (χ3n) is 3.99. The van der Waals surface area contributed by atoms with Gasteiger partial charge < -0.3 is 14.2 Å². The first-order valence-corrected chi connectivity index (χ1v) is 8.82. The molecule has 1 saturated heterocycles. The maximum Gasteiger partial charge on any atom is 0.338 e. The van der Waals surface area contributed by atoms with Gasteiger partial charge in [0.05, 0.1) is 18.1 Å². The van der Waals surface area contributed by atoms with Crippen molar-refractivity contribution in [3.8, 4) is 5.75 Å². The third-order valence-corrected chi connectivity index (χ3v) is 4.24. The minimum atomic E-state index is -0.462. The van der Waals surface area contributed by atoms with Crippen molar-refractivity contribution in [1.82, 2.24) is 0 Å². The second-order valence-electron chi connectivity index (χ2n) is 6.04. The van der Waals surface area contributed by atoms with Crippen LogP contribution >= 0.6 is 11.6 Å². The molecule has 0 amide bonds. The summed E-state index contributed by atoms with van der Waals surface area (Å²) in [6, 6.07) is 13.4. The summed E-state index contributed by atoms with van der Waals surface area (Å²) in [5.74, 6) is -0.580. The lowest BCUT2D eigenvalue weighted by molar-refractivity contribution is -0.133. The molecule has 0 radical (unpaired) electrons. The fraction of sp³-hybridized carbons (Fsp3) is 0.300. The van der Waals surface area contributed by atoms with Gasteiger partial charge >= 0.3 is 11.9 Å². The lowest BCUT2D eigenvalue weighted by Crippen LogP contribution is -2.18. The van der Waals surface area contributed by atoms with Crippen LogP contribution in [-0.4, -0.2) is 31.3 Å². The van der Waals surface area contributed by atoms with Crippen molar-refractivity contribution in [2.75, 3.05) is 13.2 Å². The van der Waals surface area contributed by atoms with Gasteiger partial charge in [0.2, 0.25) is 0 Å². The number of rotatable bonds is 6. The van der Waals surface area contributed by atoms with Crippen LogP contribution in [0.1, 0.15) is 28.8 Å². The van der Waals surface area contributed by atoms with Crippen molar-refractivity contribution in [3.63, 3.8) is 0 Å². The fourth-order valence-corrected chi connectivity index (χ4v) is 2.78. The van der Waals surface area contributed by atoms with Gasteiger partial charge in [-0.3, -0.25) is 4.79 Å². The highest BCUT2D eigenvalue weighted by Gasteiger charge is 2.18. The lowest BCUT2D eigenvalue weighted by atomic mass is 10.1. The number of ether oxygens (including phenoxy) is 3. The average molecular weight is 375 g/mol. The largest absolute Gasteiger partial charge is 0.459 e. The van der Waals surface area contributed by atoms with Crippen LogP contribution in [0.2, 0.25) is 5.02 Å². The molecule has 2 aromatic carbocycles. The minimum Gasteiger partial charge on any atom is -0.459 e. The van der Waals surface area contributed by atoms with E-state index in [1.165, 1.54) is 6.07 Å². The maximum atomic E-state index is 12.1. The van der Waals surface area contributed by atoms with E-state index >= 15 is 0 Å². The molecule has 1 heterocycles. The van der Waals surface area contributed by atoms with Crippen molar-refractivity contribution >= 4 is 23.5 Å². The summed E-state index contributed by atoms with van der Waals surface area (Å²) >= 11 is 5.82. The number of carbonyl (C=O) groups is 2. The quantitative estimate of drug-likeness (QED) is 0.568. The van der Waals surface area contributed by atoms with Gasteiger partial charge in [0.15, 0.2) is 0 Å². The van der Waals surface area contributed by atoms with E-state index in [0.717, 1.165) is 18.4 Å². The van der Waals surface area contributed by atoms with Crippen molar-refractivity contribution in [2.45, 2.75) is 25.4 Å². The van der Waals surface area contributed by atoms with Gasteiger partial charge in [0.25, 0.3) is 0 Å². The molecule has 26 heavy (non-hydrogen) atoms. The average Bonchev–Trinajstić information content (AvgIpc) is 3.15. The fourth-order valence-electron chi connectivity index (χ4n) is 2.65. The molecule has 1 fully saturated rings. The van der Waals surface area contributed by atoms with Crippen LogP contribution in [0, 0.1) is 0 Å². The second kappa shape index (κ2) is 8.83. The van der Waals surface area contributed by atoms with E-state index in [2.05, 4.69) is 0 Å². The summed E-state index contributed by atoms with van der Waals surface area (Å²) in [6.07, 6.45) is 1.97. The van der Waals surface area contributed by atoms with Crippen LogP contribution in [-0.2, 0) is 20.7 Å². The zero-order valence-electron chi connectivity index (χ0n) is 14.2. The highest BCUT2D eigenvalue weighted by molar-refractivity contribution is 6.30. The molecule has 1 unspecified atom stereocenters. The number of carbonyl (C=O) groups excluding carboxylic acids is 2. The summed E-state index contributed by atoms with van der Waals surface area (Å²) in [4.78, 5) is 24.2. The predicted molar refractivity (Wildman–Crippen MR) is 96.5 cm³/mol. The molecule has 2 aromatic rings. The van der Waals surface area contributed by atoms with Crippen molar-refractivity contribution in [1.29, 1.82) is 0 Å². The Hall–Kier alpha value is -2.37. The van der Waals surface area contributed by atoms with Crippen LogP contribution < -0.4 is 4.74 Å². The first-order valence-electron chi connectivity index (χ1n) is 8.44. The van der Waals surface area contributed by atoms with Gasteiger partial charge in [-0.05, 0) is 48.7 Å². The summed E-state index contributed by atoms with van der Waals surface area (Å²) < 4.78 is 16.0. The molecule has 0 saturated carbocycles. The second-order valence-corrected chi connectivity index (χ2v) is 6.48. The normalized spacial score (nSPS) is 16.3. The molecule has 1 aliphatic rings.